The molecule has 1 unspecified atom stereocenters. The Morgan fingerprint density at radius 2 is 2.00 bits per heavy atom. The first-order valence-electron chi connectivity index (χ1n) is 6.11. The van der Waals surface area contributed by atoms with Gasteiger partial charge in [-0.05, 0) is 37.8 Å². The van der Waals surface area contributed by atoms with E-state index in [1.165, 1.54) is 11.1 Å². The molecule has 1 N–H and O–H groups in total. The summed E-state index contributed by atoms with van der Waals surface area (Å²) in [5.41, 5.74) is 2.73. The van der Waals surface area contributed by atoms with Crippen LogP contribution in [0.2, 0.25) is 0 Å². The summed E-state index contributed by atoms with van der Waals surface area (Å²) in [7, 11) is 0. The number of hydrogen-bond donors (Lipinski definition) is 1. The van der Waals surface area contributed by atoms with Gasteiger partial charge >= 0.3 is 0 Å². The Morgan fingerprint density at radius 1 is 1.19 bits per heavy atom. The molecular weight excluding hydrogens is 198 g/mol. The first-order chi connectivity index (χ1) is 7.61. The molecule has 1 aromatic carbocycles. The van der Waals surface area contributed by atoms with E-state index >= 15 is 0 Å². The molecule has 2 heteroatoms. The van der Waals surface area contributed by atoms with Crippen LogP contribution in [0.25, 0.3) is 0 Å². The molecule has 0 aromatic heterocycles. The molecule has 1 atom stereocenters. The van der Waals surface area contributed by atoms with Gasteiger partial charge in [0, 0.05) is 13.1 Å². The van der Waals surface area contributed by atoms with Crippen LogP contribution in [0.4, 0.5) is 0 Å². The highest BCUT2D eigenvalue weighted by Crippen LogP contribution is 2.43. The van der Waals surface area contributed by atoms with E-state index in [1.54, 1.807) is 0 Å². The molecule has 0 radical (unpaired) electrons. The summed E-state index contributed by atoms with van der Waals surface area (Å²) >= 11 is 0. The quantitative estimate of drug-likeness (QED) is 0.719. The summed E-state index contributed by atoms with van der Waals surface area (Å²) in [4.78, 5) is 0. The number of nitrogens with one attached hydrogen (secondary N) is 1. The number of ether oxygens (including phenoxy) is 1. The van der Waals surface area contributed by atoms with Gasteiger partial charge in [-0.25, -0.2) is 0 Å². The standard InChI is InChI=1S/C14H19NO/c1-13(2)9-15-10-14(16-13)8-7-11-5-3-4-6-12(11)14/h3-6,15H,7-10H2,1-2H3. The van der Waals surface area contributed by atoms with Gasteiger partial charge in [-0.3, -0.25) is 0 Å². The van der Waals surface area contributed by atoms with Gasteiger partial charge < -0.3 is 10.1 Å². The number of fused-ring (bicyclic) bond motifs is 2. The number of rotatable bonds is 0. The Labute approximate surface area is 97.0 Å². The van der Waals surface area contributed by atoms with Crippen molar-refractivity contribution in [3.05, 3.63) is 35.4 Å². The van der Waals surface area contributed by atoms with E-state index in [1.807, 2.05) is 0 Å². The minimum absolute atomic E-state index is 0.0598. The lowest BCUT2D eigenvalue weighted by Gasteiger charge is -2.44. The summed E-state index contributed by atoms with van der Waals surface area (Å²) in [6, 6.07) is 8.70. The lowest BCUT2D eigenvalue weighted by Crippen LogP contribution is -2.55. The van der Waals surface area contributed by atoms with E-state index in [4.69, 9.17) is 4.74 Å². The molecule has 1 saturated heterocycles. The molecule has 16 heavy (non-hydrogen) atoms. The van der Waals surface area contributed by atoms with Crippen LogP contribution in [-0.4, -0.2) is 18.7 Å². The monoisotopic (exact) mass is 217 g/mol. The maximum atomic E-state index is 6.39. The zero-order chi connectivity index (χ0) is 11.2. The maximum Gasteiger partial charge on any atom is 0.107 e. The topological polar surface area (TPSA) is 21.3 Å². The molecule has 2 aliphatic rings. The smallest absolute Gasteiger partial charge is 0.107 e. The molecule has 1 aromatic rings. The number of hydrogen-bond acceptors (Lipinski definition) is 2. The van der Waals surface area contributed by atoms with Crippen molar-refractivity contribution in [1.82, 2.24) is 5.32 Å². The van der Waals surface area contributed by atoms with Crippen LogP contribution in [-0.2, 0) is 16.8 Å². The Morgan fingerprint density at radius 3 is 2.81 bits per heavy atom. The lowest BCUT2D eigenvalue weighted by atomic mass is 9.91. The lowest BCUT2D eigenvalue weighted by molar-refractivity contribution is -0.166. The molecule has 1 aliphatic heterocycles. The second-order valence-corrected chi connectivity index (χ2v) is 5.62. The van der Waals surface area contributed by atoms with Crippen LogP contribution in [0.15, 0.2) is 24.3 Å². The van der Waals surface area contributed by atoms with Crippen molar-refractivity contribution >= 4 is 0 Å². The number of benzene rings is 1. The van der Waals surface area contributed by atoms with E-state index in [0.717, 1.165) is 25.9 Å². The van der Waals surface area contributed by atoms with Crippen molar-refractivity contribution < 1.29 is 4.74 Å². The molecule has 1 fully saturated rings. The predicted octanol–water partition coefficient (Wildman–Crippen LogP) is 2.23. The van der Waals surface area contributed by atoms with Crippen molar-refractivity contribution in [2.45, 2.75) is 37.9 Å². The minimum atomic E-state index is -0.0711. The van der Waals surface area contributed by atoms with E-state index in [-0.39, 0.29) is 11.2 Å². The number of aryl methyl sites for hydroxylation is 1. The second-order valence-electron chi connectivity index (χ2n) is 5.62. The molecule has 86 valence electrons. The van der Waals surface area contributed by atoms with Gasteiger partial charge in [0.1, 0.15) is 5.60 Å². The van der Waals surface area contributed by atoms with Crippen molar-refractivity contribution in [3.63, 3.8) is 0 Å². The zero-order valence-corrected chi connectivity index (χ0v) is 10.0. The highest BCUT2D eigenvalue weighted by atomic mass is 16.5. The summed E-state index contributed by atoms with van der Waals surface area (Å²) in [6.45, 7) is 6.23. The van der Waals surface area contributed by atoms with Crippen LogP contribution in [0, 0.1) is 0 Å². The Hall–Kier alpha value is -0.860. The zero-order valence-electron chi connectivity index (χ0n) is 10.0. The first-order valence-corrected chi connectivity index (χ1v) is 6.11. The fourth-order valence-corrected chi connectivity index (χ4v) is 3.11. The van der Waals surface area contributed by atoms with Gasteiger partial charge in [0.25, 0.3) is 0 Å². The van der Waals surface area contributed by atoms with Crippen molar-refractivity contribution in [2.75, 3.05) is 13.1 Å². The number of morpholine rings is 1. The van der Waals surface area contributed by atoms with Gasteiger partial charge in [-0.15, -0.1) is 0 Å². The van der Waals surface area contributed by atoms with Crippen LogP contribution < -0.4 is 5.32 Å². The Kier molecular flexibility index (Phi) is 2.13. The third-order valence-corrected chi connectivity index (χ3v) is 3.74. The van der Waals surface area contributed by atoms with Crippen molar-refractivity contribution in [2.24, 2.45) is 0 Å². The van der Waals surface area contributed by atoms with Crippen molar-refractivity contribution in [1.29, 1.82) is 0 Å². The fraction of sp³-hybridized carbons (Fsp3) is 0.571. The third-order valence-electron chi connectivity index (χ3n) is 3.74. The Bertz CT molecular complexity index is 409. The van der Waals surface area contributed by atoms with Gasteiger partial charge in [-0.1, -0.05) is 24.3 Å². The van der Waals surface area contributed by atoms with Crippen LogP contribution in [0.5, 0.6) is 0 Å². The SMILES string of the molecule is CC1(C)CNCC2(CCc3ccccc32)O1. The minimum Gasteiger partial charge on any atom is -0.362 e. The molecule has 0 bridgehead atoms. The molecule has 1 heterocycles. The molecule has 1 spiro atoms. The van der Waals surface area contributed by atoms with Crippen molar-refractivity contribution in [3.8, 4) is 0 Å². The van der Waals surface area contributed by atoms with Crippen LogP contribution >= 0.6 is 0 Å². The van der Waals surface area contributed by atoms with Crippen LogP contribution in [0.3, 0.4) is 0 Å². The molecule has 3 rings (SSSR count). The second kappa shape index (κ2) is 3.31. The van der Waals surface area contributed by atoms with Gasteiger partial charge in [0.2, 0.25) is 0 Å². The van der Waals surface area contributed by atoms with Gasteiger partial charge in [-0.2, -0.15) is 0 Å². The highest BCUT2D eigenvalue weighted by Gasteiger charge is 2.45. The summed E-state index contributed by atoms with van der Waals surface area (Å²) in [5.74, 6) is 0. The molecule has 0 saturated carbocycles. The highest BCUT2D eigenvalue weighted by molar-refractivity contribution is 5.38. The van der Waals surface area contributed by atoms with Gasteiger partial charge in [0.05, 0.1) is 5.60 Å². The molecule has 1 aliphatic carbocycles. The largest absolute Gasteiger partial charge is 0.362 e. The van der Waals surface area contributed by atoms with Crippen LogP contribution in [0.1, 0.15) is 31.4 Å². The molecule has 2 nitrogen and oxygen atoms in total. The predicted molar refractivity (Wildman–Crippen MR) is 64.5 cm³/mol. The van der Waals surface area contributed by atoms with E-state index < -0.39 is 0 Å². The molecule has 0 amide bonds. The third kappa shape index (κ3) is 1.48. The normalized spacial score (nSPS) is 31.6. The fourth-order valence-electron chi connectivity index (χ4n) is 3.11. The summed E-state index contributed by atoms with van der Waals surface area (Å²) < 4.78 is 6.39. The average Bonchev–Trinajstić information content (AvgIpc) is 2.57. The Balaban J connectivity index is 2.01. The van der Waals surface area contributed by atoms with E-state index in [0.29, 0.717) is 0 Å². The average molecular weight is 217 g/mol. The maximum absolute atomic E-state index is 6.39. The van der Waals surface area contributed by atoms with E-state index in [9.17, 15) is 0 Å². The first kappa shape index (κ1) is 10.3. The molecular formula is C14H19NO. The summed E-state index contributed by atoms with van der Waals surface area (Å²) in [6.07, 6.45) is 2.26. The summed E-state index contributed by atoms with van der Waals surface area (Å²) in [5, 5.41) is 3.52. The van der Waals surface area contributed by atoms with Gasteiger partial charge in [0.15, 0.2) is 0 Å². The van der Waals surface area contributed by atoms with E-state index in [2.05, 4.69) is 43.4 Å².